The van der Waals surface area contributed by atoms with Gasteiger partial charge in [-0.05, 0) is 61.2 Å². The molecule has 0 bridgehead atoms. The topological polar surface area (TPSA) is 66.0 Å². The molecule has 0 radical (unpaired) electrons. The third-order valence-electron chi connectivity index (χ3n) is 6.84. The van der Waals surface area contributed by atoms with E-state index in [0.29, 0.717) is 32.7 Å². The Morgan fingerprint density at radius 1 is 0.895 bits per heavy atom. The Hall–Kier alpha value is -3.71. The minimum absolute atomic E-state index is 0.0121. The summed E-state index contributed by atoms with van der Waals surface area (Å²) in [6.07, 6.45) is 3.87. The van der Waals surface area contributed by atoms with Crippen molar-refractivity contribution < 1.29 is 14.3 Å². The molecule has 0 spiro atoms. The third kappa shape index (κ3) is 7.65. The van der Waals surface area contributed by atoms with Crippen LogP contribution in [0.5, 0.6) is 5.75 Å². The number of benzene rings is 2. The van der Waals surface area contributed by atoms with Crippen molar-refractivity contribution >= 4 is 17.5 Å². The van der Waals surface area contributed by atoms with E-state index in [1.807, 2.05) is 89.7 Å². The van der Waals surface area contributed by atoms with Crippen LogP contribution in [0.1, 0.15) is 43.5 Å². The molecule has 0 aliphatic carbocycles. The molecule has 7 heteroatoms. The number of pyridine rings is 1. The number of hydrogen-bond acceptors (Lipinski definition) is 5. The maximum atomic E-state index is 13.6. The lowest BCUT2D eigenvalue weighted by atomic mass is 10.1. The number of carbonyl (C=O) groups excluding carboxylic acids is 2. The second-order valence-electron chi connectivity index (χ2n) is 9.67. The van der Waals surface area contributed by atoms with Crippen LogP contribution < -0.4 is 9.64 Å². The van der Waals surface area contributed by atoms with E-state index < -0.39 is 0 Å². The molecular formula is C31H38N4O3. The van der Waals surface area contributed by atoms with Crippen molar-refractivity contribution in [3.05, 3.63) is 89.7 Å². The Morgan fingerprint density at radius 3 is 2.34 bits per heavy atom. The zero-order valence-electron chi connectivity index (χ0n) is 22.5. The number of nitrogens with zero attached hydrogens (tertiary/aromatic N) is 4. The van der Waals surface area contributed by atoms with Gasteiger partial charge in [0.15, 0.2) is 0 Å². The van der Waals surface area contributed by atoms with Crippen molar-refractivity contribution in [3.63, 3.8) is 0 Å². The number of ether oxygens (including phenoxy) is 1. The predicted molar refractivity (Wildman–Crippen MR) is 150 cm³/mol. The molecule has 0 atom stereocenters. The zero-order valence-corrected chi connectivity index (χ0v) is 22.5. The van der Waals surface area contributed by atoms with Gasteiger partial charge >= 0.3 is 0 Å². The molecule has 0 fully saturated rings. The minimum Gasteiger partial charge on any atom is -0.494 e. The predicted octanol–water partition coefficient (Wildman–Crippen LogP) is 4.70. The van der Waals surface area contributed by atoms with Crippen LogP contribution in [0.3, 0.4) is 0 Å². The van der Waals surface area contributed by atoms with Gasteiger partial charge in [-0.3, -0.25) is 19.5 Å². The van der Waals surface area contributed by atoms with E-state index in [1.165, 1.54) is 0 Å². The van der Waals surface area contributed by atoms with Crippen LogP contribution in [0, 0.1) is 0 Å². The number of para-hydroxylation sites is 1. The molecule has 0 N–H and O–H groups in total. The Labute approximate surface area is 226 Å². The normalized spacial score (nSPS) is 15.2. The molecule has 38 heavy (non-hydrogen) atoms. The van der Waals surface area contributed by atoms with Crippen LogP contribution in [0.2, 0.25) is 0 Å². The van der Waals surface area contributed by atoms with Crippen LogP contribution in [0.25, 0.3) is 0 Å². The first kappa shape index (κ1) is 27.3. The number of amides is 2. The fourth-order valence-corrected chi connectivity index (χ4v) is 4.94. The molecule has 1 aliphatic heterocycles. The van der Waals surface area contributed by atoms with Gasteiger partial charge < -0.3 is 14.5 Å². The Kier molecular flexibility index (Phi) is 9.87. The summed E-state index contributed by atoms with van der Waals surface area (Å²) in [6.45, 7) is 8.37. The smallest absolute Gasteiger partial charge is 0.227 e. The number of hydrogen-bond donors (Lipinski definition) is 0. The monoisotopic (exact) mass is 514 g/mol. The quantitative estimate of drug-likeness (QED) is 0.477. The van der Waals surface area contributed by atoms with E-state index in [4.69, 9.17) is 4.74 Å². The van der Waals surface area contributed by atoms with Crippen LogP contribution in [-0.2, 0) is 29.1 Å². The fraction of sp³-hybridized carbons (Fsp3) is 0.387. The van der Waals surface area contributed by atoms with Gasteiger partial charge in [-0.15, -0.1) is 0 Å². The SMILES string of the molecule is CCOc1ccc(CC(=O)N2CCCN(Cc3ccccn3)CCCN(C(C)=O)c3ccccc3C2)cc1. The molecule has 200 valence electrons. The Bertz CT molecular complexity index is 1180. The maximum Gasteiger partial charge on any atom is 0.227 e. The van der Waals surface area contributed by atoms with Crippen LogP contribution >= 0.6 is 0 Å². The lowest BCUT2D eigenvalue weighted by molar-refractivity contribution is -0.131. The maximum absolute atomic E-state index is 13.6. The minimum atomic E-state index is 0.0121. The molecule has 2 amide bonds. The van der Waals surface area contributed by atoms with Crippen LogP contribution in [0.15, 0.2) is 72.9 Å². The van der Waals surface area contributed by atoms with Gasteiger partial charge in [-0.2, -0.15) is 0 Å². The molecule has 3 aromatic rings. The van der Waals surface area contributed by atoms with Crippen molar-refractivity contribution in [1.82, 2.24) is 14.8 Å². The summed E-state index contributed by atoms with van der Waals surface area (Å²) < 4.78 is 5.54. The molecule has 1 aliphatic rings. The van der Waals surface area contributed by atoms with Gasteiger partial charge in [0.1, 0.15) is 5.75 Å². The van der Waals surface area contributed by atoms with Gasteiger partial charge in [0.05, 0.1) is 18.7 Å². The average molecular weight is 515 g/mol. The number of aromatic nitrogens is 1. The van der Waals surface area contributed by atoms with E-state index in [2.05, 4.69) is 9.88 Å². The first-order valence-corrected chi connectivity index (χ1v) is 13.5. The van der Waals surface area contributed by atoms with E-state index >= 15 is 0 Å². The molecule has 2 heterocycles. The van der Waals surface area contributed by atoms with E-state index in [9.17, 15) is 9.59 Å². The molecular weight excluding hydrogens is 476 g/mol. The van der Waals surface area contributed by atoms with Gasteiger partial charge in [-0.1, -0.05) is 36.4 Å². The molecule has 4 rings (SSSR count). The van der Waals surface area contributed by atoms with Crippen molar-refractivity contribution in [2.24, 2.45) is 0 Å². The van der Waals surface area contributed by atoms with Crippen molar-refractivity contribution in [1.29, 1.82) is 0 Å². The molecule has 0 unspecified atom stereocenters. The number of anilines is 1. The molecule has 0 saturated heterocycles. The highest BCUT2D eigenvalue weighted by molar-refractivity contribution is 5.92. The third-order valence-corrected chi connectivity index (χ3v) is 6.84. The lowest BCUT2D eigenvalue weighted by Gasteiger charge is -2.31. The summed E-state index contributed by atoms with van der Waals surface area (Å²) in [4.78, 5) is 36.9. The number of fused-ring (bicyclic) bond motifs is 1. The first-order chi connectivity index (χ1) is 18.5. The van der Waals surface area contributed by atoms with Gasteiger partial charge in [0, 0.05) is 58.1 Å². The van der Waals surface area contributed by atoms with Crippen molar-refractivity contribution in [3.8, 4) is 5.75 Å². The van der Waals surface area contributed by atoms with Gasteiger partial charge in [-0.25, -0.2) is 0 Å². The Morgan fingerprint density at radius 2 is 1.63 bits per heavy atom. The Balaban J connectivity index is 1.56. The van der Waals surface area contributed by atoms with E-state index in [-0.39, 0.29) is 11.8 Å². The van der Waals surface area contributed by atoms with Gasteiger partial charge in [0.2, 0.25) is 11.8 Å². The second-order valence-corrected chi connectivity index (χ2v) is 9.67. The van der Waals surface area contributed by atoms with Crippen LogP contribution in [-0.4, -0.2) is 59.4 Å². The zero-order chi connectivity index (χ0) is 26.7. The van der Waals surface area contributed by atoms with Crippen molar-refractivity contribution in [2.75, 3.05) is 37.7 Å². The molecule has 7 nitrogen and oxygen atoms in total. The van der Waals surface area contributed by atoms with Crippen molar-refractivity contribution in [2.45, 2.75) is 46.2 Å². The summed E-state index contributed by atoms with van der Waals surface area (Å²) in [7, 11) is 0. The summed E-state index contributed by atoms with van der Waals surface area (Å²) in [5, 5.41) is 0. The van der Waals surface area contributed by atoms with E-state index in [1.54, 1.807) is 6.92 Å². The molecule has 2 aromatic carbocycles. The number of rotatable bonds is 6. The number of carbonyl (C=O) groups is 2. The summed E-state index contributed by atoms with van der Waals surface area (Å²) in [5.74, 6) is 0.894. The van der Waals surface area contributed by atoms with Crippen LogP contribution in [0.4, 0.5) is 5.69 Å². The second kappa shape index (κ2) is 13.7. The fourth-order valence-electron chi connectivity index (χ4n) is 4.94. The standard InChI is InChI=1S/C31H38N4O3/c1-3-38-29-15-13-26(14-16-29)22-31(37)34-20-8-18-33(24-28-11-6-7-17-32-28)19-9-21-35(25(2)36)30-12-5-4-10-27(30)23-34/h4-7,10-17H,3,8-9,18-24H2,1-2H3. The highest BCUT2D eigenvalue weighted by atomic mass is 16.5. The summed E-state index contributed by atoms with van der Waals surface area (Å²) >= 11 is 0. The largest absolute Gasteiger partial charge is 0.494 e. The lowest BCUT2D eigenvalue weighted by Crippen LogP contribution is -2.38. The average Bonchev–Trinajstić information content (AvgIpc) is 2.91. The molecule has 1 aromatic heterocycles. The highest BCUT2D eigenvalue weighted by Gasteiger charge is 2.21. The van der Waals surface area contributed by atoms with E-state index in [0.717, 1.165) is 60.7 Å². The first-order valence-electron chi connectivity index (χ1n) is 13.5. The summed E-state index contributed by atoms with van der Waals surface area (Å²) in [6, 6.07) is 21.7. The molecule has 0 saturated carbocycles. The van der Waals surface area contributed by atoms with Gasteiger partial charge in [0.25, 0.3) is 0 Å². The summed E-state index contributed by atoms with van der Waals surface area (Å²) in [5.41, 5.74) is 3.86. The highest BCUT2D eigenvalue weighted by Crippen LogP contribution is 2.24.